The summed E-state index contributed by atoms with van der Waals surface area (Å²) < 4.78 is 45.2. The van der Waals surface area contributed by atoms with Crippen LogP contribution in [-0.4, -0.2) is 56.6 Å². The Morgan fingerprint density at radius 3 is 2.53 bits per heavy atom. The normalized spacial score (nSPS) is 19.3. The average Bonchev–Trinajstić information content (AvgIpc) is 3.29. The fourth-order valence-electron chi connectivity index (χ4n) is 5.21. The molecule has 5 rings (SSSR count). The van der Waals surface area contributed by atoms with E-state index in [9.17, 15) is 17.9 Å². The van der Waals surface area contributed by atoms with E-state index in [0.717, 1.165) is 42.8 Å². The van der Waals surface area contributed by atoms with Crippen LogP contribution in [-0.2, 0) is 9.84 Å². The van der Waals surface area contributed by atoms with Crippen molar-refractivity contribution in [1.29, 1.82) is 0 Å². The Labute approximate surface area is 232 Å². The number of allylic oxidation sites excluding steroid dienone is 1. The molecule has 0 aromatic heterocycles. The highest BCUT2D eigenvalue weighted by Gasteiger charge is 2.30. The van der Waals surface area contributed by atoms with E-state index in [2.05, 4.69) is 4.90 Å². The van der Waals surface area contributed by atoms with Crippen molar-refractivity contribution in [3.05, 3.63) is 87.4 Å². The van der Waals surface area contributed by atoms with Crippen molar-refractivity contribution in [2.24, 2.45) is 0 Å². The predicted octanol–water partition coefficient (Wildman–Crippen LogP) is 6.65. The van der Waals surface area contributed by atoms with Gasteiger partial charge >= 0.3 is 0 Å². The maximum atomic E-state index is 13.2. The Bertz CT molecular complexity index is 1470. The smallest absolute Gasteiger partial charge is 0.179 e. The van der Waals surface area contributed by atoms with E-state index in [1.807, 2.05) is 30.3 Å². The molecule has 0 unspecified atom stereocenters. The van der Waals surface area contributed by atoms with Gasteiger partial charge in [0.2, 0.25) is 0 Å². The summed E-state index contributed by atoms with van der Waals surface area (Å²) in [6.45, 7) is 2.07. The largest absolute Gasteiger partial charge is 0.508 e. The van der Waals surface area contributed by atoms with Crippen LogP contribution >= 0.6 is 23.2 Å². The standard InChI is InChI=1S/C29H28Cl2FNO4S/c30-20-4-8-24(27(31)16-20)25-11-15-38(35,36)28-17-21(34)5-9-26(28)29(25)19-2-6-22(7-3-19)37-23-10-14-33(18-23)13-1-12-32/h2-9,16-17,23,34H,1,10-15,18H2/t23-/m0/s1. The van der Waals surface area contributed by atoms with E-state index in [1.165, 1.54) is 12.1 Å². The summed E-state index contributed by atoms with van der Waals surface area (Å²) >= 11 is 12.8. The van der Waals surface area contributed by atoms with Crippen LogP contribution in [0.25, 0.3) is 11.1 Å². The predicted molar refractivity (Wildman–Crippen MR) is 150 cm³/mol. The molecule has 1 fully saturated rings. The molecule has 38 heavy (non-hydrogen) atoms. The molecule has 0 saturated carbocycles. The molecule has 3 aromatic rings. The molecule has 1 atom stereocenters. The number of sulfone groups is 1. The zero-order valence-electron chi connectivity index (χ0n) is 20.7. The molecule has 9 heteroatoms. The number of phenols is 1. The Morgan fingerprint density at radius 2 is 1.79 bits per heavy atom. The molecule has 0 bridgehead atoms. The number of likely N-dealkylation sites (tertiary alicyclic amines) is 1. The van der Waals surface area contributed by atoms with Crippen molar-refractivity contribution in [3.63, 3.8) is 0 Å². The molecule has 0 radical (unpaired) electrons. The highest BCUT2D eigenvalue weighted by molar-refractivity contribution is 7.91. The van der Waals surface area contributed by atoms with Crippen molar-refractivity contribution in [3.8, 4) is 11.5 Å². The van der Waals surface area contributed by atoms with Gasteiger partial charge in [0, 0.05) is 35.2 Å². The van der Waals surface area contributed by atoms with Crippen LogP contribution in [0.5, 0.6) is 11.5 Å². The van der Waals surface area contributed by atoms with Crippen LogP contribution < -0.4 is 4.74 Å². The number of alkyl halides is 1. The third-order valence-corrected chi connectivity index (χ3v) is 9.33. The van der Waals surface area contributed by atoms with Gasteiger partial charge in [-0.05, 0) is 84.0 Å². The van der Waals surface area contributed by atoms with Gasteiger partial charge in [-0.1, -0.05) is 41.4 Å². The molecule has 1 N–H and O–H groups in total. The van der Waals surface area contributed by atoms with E-state index in [1.54, 1.807) is 18.2 Å². The second-order valence-electron chi connectivity index (χ2n) is 9.62. The van der Waals surface area contributed by atoms with Gasteiger partial charge in [-0.2, -0.15) is 0 Å². The van der Waals surface area contributed by atoms with Crippen molar-refractivity contribution in [2.45, 2.75) is 30.3 Å². The molecule has 2 aliphatic rings. The lowest BCUT2D eigenvalue weighted by Crippen LogP contribution is -2.26. The van der Waals surface area contributed by atoms with Gasteiger partial charge < -0.3 is 9.84 Å². The molecule has 1 saturated heterocycles. The van der Waals surface area contributed by atoms with Crippen LogP contribution in [0.3, 0.4) is 0 Å². The van der Waals surface area contributed by atoms with E-state index < -0.39 is 9.84 Å². The fourth-order valence-corrected chi connectivity index (χ4v) is 7.24. The minimum atomic E-state index is -3.66. The molecule has 3 aromatic carbocycles. The quantitative estimate of drug-likeness (QED) is 0.341. The molecular weight excluding hydrogens is 548 g/mol. The second kappa shape index (κ2) is 11.3. The third kappa shape index (κ3) is 5.71. The Balaban J connectivity index is 1.55. The Hall–Kier alpha value is -2.58. The second-order valence-corrected chi connectivity index (χ2v) is 12.5. The topological polar surface area (TPSA) is 66.8 Å². The number of phenolic OH excluding ortho intramolecular Hbond substituents is 1. The molecule has 2 aliphatic heterocycles. The number of rotatable bonds is 7. The maximum Gasteiger partial charge on any atom is 0.179 e. The van der Waals surface area contributed by atoms with Crippen LogP contribution in [0, 0.1) is 0 Å². The lowest BCUT2D eigenvalue weighted by atomic mass is 9.88. The molecule has 5 nitrogen and oxygen atoms in total. The van der Waals surface area contributed by atoms with Crippen LogP contribution in [0.15, 0.2) is 65.6 Å². The number of fused-ring (bicyclic) bond motifs is 1. The summed E-state index contributed by atoms with van der Waals surface area (Å²) in [5.74, 6) is 0.480. The Kier molecular flexibility index (Phi) is 8.00. The maximum absolute atomic E-state index is 13.2. The molecule has 2 heterocycles. The summed E-state index contributed by atoms with van der Waals surface area (Å²) in [6, 6.07) is 17.2. The van der Waals surface area contributed by atoms with E-state index in [4.69, 9.17) is 27.9 Å². The number of aromatic hydroxyl groups is 1. The number of hydrogen-bond donors (Lipinski definition) is 1. The van der Waals surface area contributed by atoms with Crippen molar-refractivity contribution >= 4 is 44.2 Å². The monoisotopic (exact) mass is 575 g/mol. The highest BCUT2D eigenvalue weighted by Crippen LogP contribution is 2.44. The molecule has 0 amide bonds. The van der Waals surface area contributed by atoms with E-state index in [0.29, 0.717) is 33.3 Å². The van der Waals surface area contributed by atoms with Gasteiger partial charge in [-0.25, -0.2) is 8.42 Å². The van der Waals surface area contributed by atoms with Gasteiger partial charge in [0.15, 0.2) is 9.84 Å². The number of halogens is 3. The SMILES string of the molecule is O=S1(=O)CCC(c2ccc(Cl)cc2Cl)=C(c2ccc(O[C@H]3CCN(CCCF)C3)cc2)c2ccc(O)cc21. The fraction of sp³-hybridized carbons (Fsp3) is 0.310. The molecule has 0 aliphatic carbocycles. The highest BCUT2D eigenvalue weighted by atomic mass is 35.5. The van der Waals surface area contributed by atoms with Gasteiger partial charge in [-0.15, -0.1) is 0 Å². The van der Waals surface area contributed by atoms with Gasteiger partial charge in [0.25, 0.3) is 0 Å². The van der Waals surface area contributed by atoms with E-state index in [-0.39, 0.29) is 35.6 Å². The average molecular weight is 577 g/mol. The Morgan fingerprint density at radius 1 is 1.03 bits per heavy atom. The van der Waals surface area contributed by atoms with Gasteiger partial charge in [-0.3, -0.25) is 9.29 Å². The first-order valence-electron chi connectivity index (χ1n) is 12.6. The van der Waals surface area contributed by atoms with Crippen molar-refractivity contribution < 1.29 is 22.7 Å². The summed E-state index contributed by atoms with van der Waals surface area (Å²) in [6.07, 6.45) is 1.69. The van der Waals surface area contributed by atoms with Crippen LogP contribution in [0.2, 0.25) is 10.0 Å². The van der Waals surface area contributed by atoms with Gasteiger partial charge in [0.1, 0.15) is 17.6 Å². The number of benzene rings is 3. The zero-order valence-corrected chi connectivity index (χ0v) is 23.0. The lowest BCUT2D eigenvalue weighted by molar-refractivity contribution is 0.198. The van der Waals surface area contributed by atoms with E-state index >= 15 is 0 Å². The van der Waals surface area contributed by atoms with Crippen LogP contribution in [0.1, 0.15) is 36.0 Å². The molecule has 0 spiro atoms. The summed E-state index contributed by atoms with van der Waals surface area (Å²) in [4.78, 5) is 2.30. The number of hydrogen-bond acceptors (Lipinski definition) is 5. The number of nitrogens with zero attached hydrogens (tertiary/aromatic N) is 1. The van der Waals surface area contributed by atoms with Gasteiger partial charge in [0.05, 0.1) is 17.3 Å². The van der Waals surface area contributed by atoms with Crippen molar-refractivity contribution in [2.75, 3.05) is 32.1 Å². The lowest BCUT2D eigenvalue weighted by Gasteiger charge is -2.19. The summed E-state index contributed by atoms with van der Waals surface area (Å²) in [5, 5.41) is 11.0. The van der Waals surface area contributed by atoms with Crippen LogP contribution in [0.4, 0.5) is 4.39 Å². The molecule has 200 valence electrons. The minimum Gasteiger partial charge on any atom is -0.508 e. The number of ether oxygens (including phenoxy) is 1. The third-order valence-electron chi connectivity index (χ3n) is 7.03. The first-order chi connectivity index (χ1) is 18.2. The first kappa shape index (κ1) is 27.0. The summed E-state index contributed by atoms with van der Waals surface area (Å²) in [7, 11) is -3.66. The first-order valence-corrected chi connectivity index (χ1v) is 15.0. The molecular formula is C29H28Cl2FNO4S. The summed E-state index contributed by atoms with van der Waals surface area (Å²) in [5.41, 5.74) is 3.54. The minimum absolute atomic E-state index is 0.0369. The van der Waals surface area contributed by atoms with Crippen molar-refractivity contribution in [1.82, 2.24) is 4.90 Å². The zero-order chi connectivity index (χ0) is 26.9.